The van der Waals surface area contributed by atoms with Crippen molar-refractivity contribution in [3.63, 3.8) is 0 Å². The zero-order chi connectivity index (χ0) is 25.8. The maximum absolute atomic E-state index is 11.9. The molecule has 192 valence electrons. The molecule has 0 aromatic heterocycles. The molecule has 0 aromatic carbocycles. The number of hydrogen-bond donors (Lipinski definition) is 0. The lowest BCUT2D eigenvalue weighted by atomic mass is 9.60. The van der Waals surface area contributed by atoms with Crippen LogP contribution >= 0.6 is 0 Å². The van der Waals surface area contributed by atoms with E-state index in [0.717, 1.165) is 24.8 Å². The number of esters is 3. The molecule has 0 amide bonds. The van der Waals surface area contributed by atoms with Crippen LogP contribution < -0.4 is 0 Å². The smallest absolute Gasteiger partial charge is 0.303 e. The van der Waals surface area contributed by atoms with Gasteiger partial charge in [0.25, 0.3) is 0 Å². The molecule has 1 heterocycles. The average Bonchev–Trinajstić information content (AvgIpc) is 2.71. The first-order chi connectivity index (χ1) is 15.7. The van der Waals surface area contributed by atoms with Gasteiger partial charge in [-0.3, -0.25) is 14.4 Å². The maximum atomic E-state index is 11.9. The summed E-state index contributed by atoms with van der Waals surface area (Å²) in [4.78, 5) is 35.3. The number of rotatable bonds is 8. The molecule has 34 heavy (non-hydrogen) atoms. The fourth-order valence-corrected chi connectivity index (χ4v) is 5.18. The summed E-state index contributed by atoms with van der Waals surface area (Å²) in [5.41, 5.74) is 0.417. The minimum atomic E-state index is -1.10. The first kappa shape index (κ1) is 28.1. The van der Waals surface area contributed by atoms with Gasteiger partial charge in [0.15, 0.2) is 24.6 Å². The summed E-state index contributed by atoms with van der Waals surface area (Å²) in [6, 6.07) is 0. The van der Waals surface area contributed by atoms with Crippen LogP contribution in [0.2, 0.25) is 0 Å². The Morgan fingerprint density at radius 3 is 2.06 bits per heavy atom. The van der Waals surface area contributed by atoms with E-state index < -0.39 is 48.1 Å². The van der Waals surface area contributed by atoms with Crippen LogP contribution in [0.1, 0.15) is 67.7 Å². The second kappa shape index (κ2) is 11.0. The number of hydrogen-bond acceptors (Lipinski definition) is 8. The number of carbonyl (C=O) groups is 3. The number of carbonyl (C=O) groups excluding carboxylic acids is 3. The van der Waals surface area contributed by atoms with Crippen molar-refractivity contribution in [1.29, 1.82) is 0 Å². The molecule has 0 N–H and O–H groups in total. The summed E-state index contributed by atoms with van der Waals surface area (Å²) in [6.07, 6.45) is 0.643. The molecule has 2 fully saturated rings. The summed E-state index contributed by atoms with van der Waals surface area (Å²) in [5.74, 6) is -1.33. The molecule has 7 atom stereocenters. The van der Waals surface area contributed by atoms with Crippen LogP contribution in [0.4, 0.5) is 0 Å². The van der Waals surface area contributed by atoms with Crippen LogP contribution in [0.25, 0.3) is 0 Å². The average molecular weight is 481 g/mol. The second-order valence-electron chi connectivity index (χ2n) is 10.3. The Kier molecular flexibility index (Phi) is 9.10. The van der Waals surface area contributed by atoms with E-state index in [1.54, 1.807) is 0 Å². The van der Waals surface area contributed by atoms with Gasteiger partial charge in [0.05, 0.1) is 12.2 Å². The van der Waals surface area contributed by atoms with Crippen LogP contribution in [0.3, 0.4) is 0 Å². The van der Waals surface area contributed by atoms with E-state index >= 15 is 0 Å². The van der Waals surface area contributed by atoms with Crippen molar-refractivity contribution in [1.82, 2.24) is 0 Å². The van der Waals surface area contributed by atoms with Crippen molar-refractivity contribution in [2.75, 3.05) is 6.61 Å². The van der Waals surface area contributed by atoms with Crippen LogP contribution in [-0.4, -0.2) is 54.7 Å². The van der Waals surface area contributed by atoms with Crippen LogP contribution in [0.5, 0.6) is 0 Å². The highest BCUT2D eigenvalue weighted by Crippen LogP contribution is 2.50. The SMILES string of the molecule is C=CC1(C)CCC(C(C)(C)OC2OCC(OC(C)=O)C(OC(C)=O)C2OC(C)=O)CC1C(=C)C. The normalized spacial score (nSPS) is 34.0. The topological polar surface area (TPSA) is 97.4 Å². The van der Waals surface area contributed by atoms with Crippen LogP contribution in [-0.2, 0) is 38.1 Å². The van der Waals surface area contributed by atoms with Gasteiger partial charge in [0.2, 0.25) is 0 Å². The molecule has 8 heteroatoms. The largest absolute Gasteiger partial charge is 0.456 e. The van der Waals surface area contributed by atoms with Crippen LogP contribution in [0, 0.1) is 17.3 Å². The molecular weight excluding hydrogens is 440 g/mol. The Morgan fingerprint density at radius 1 is 1.00 bits per heavy atom. The van der Waals surface area contributed by atoms with Gasteiger partial charge >= 0.3 is 17.9 Å². The molecule has 1 saturated carbocycles. The summed E-state index contributed by atoms with van der Waals surface area (Å²) >= 11 is 0. The summed E-state index contributed by atoms with van der Waals surface area (Å²) in [6.45, 7) is 20.1. The first-order valence-corrected chi connectivity index (χ1v) is 11.8. The molecule has 1 aliphatic carbocycles. The number of allylic oxidation sites excluding steroid dienone is 2. The summed E-state index contributed by atoms with van der Waals surface area (Å²) < 4.78 is 28.5. The Labute approximate surface area is 203 Å². The van der Waals surface area contributed by atoms with E-state index in [2.05, 4.69) is 20.1 Å². The Bertz CT molecular complexity index is 803. The Hall–Kier alpha value is -2.19. The minimum absolute atomic E-state index is 0.0301. The van der Waals surface area contributed by atoms with Gasteiger partial charge in [-0.15, -0.1) is 6.58 Å². The van der Waals surface area contributed by atoms with E-state index in [1.165, 1.54) is 20.8 Å². The van der Waals surface area contributed by atoms with Crippen molar-refractivity contribution < 1.29 is 38.1 Å². The van der Waals surface area contributed by atoms with E-state index in [-0.39, 0.29) is 23.9 Å². The van der Waals surface area contributed by atoms with E-state index in [1.807, 2.05) is 26.8 Å². The van der Waals surface area contributed by atoms with Gasteiger partial charge in [0, 0.05) is 20.8 Å². The molecule has 1 aliphatic heterocycles. The molecule has 0 radical (unpaired) electrons. The van der Waals surface area contributed by atoms with Crippen molar-refractivity contribution in [3.8, 4) is 0 Å². The van der Waals surface area contributed by atoms with Crippen molar-refractivity contribution >= 4 is 17.9 Å². The third-order valence-corrected chi connectivity index (χ3v) is 7.12. The third kappa shape index (κ3) is 6.69. The predicted molar refractivity (Wildman–Crippen MR) is 126 cm³/mol. The molecule has 2 rings (SSSR count). The lowest BCUT2D eigenvalue weighted by Crippen LogP contribution is -2.60. The molecule has 0 aromatic rings. The minimum Gasteiger partial charge on any atom is -0.456 e. The van der Waals surface area contributed by atoms with Gasteiger partial charge in [-0.2, -0.15) is 0 Å². The fraction of sp³-hybridized carbons (Fsp3) is 0.731. The monoisotopic (exact) mass is 480 g/mol. The zero-order valence-corrected chi connectivity index (χ0v) is 21.6. The van der Waals surface area contributed by atoms with Crippen LogP contribution in [0.15, 0.2) is 24.8 Å². The van der Waals surface area contributed by atoms with Gasteiger partial charge in [-0.1, -0.05) is 25.2 Å². The molecule has 0 spiro atoms. The second-order valence-corrected chi connectivity index (χ2v) is 10.3. The predicted octanol–water partition coefficient (Wildman–Crippen LogP) is 4.12. The van der Waals surface area contributed by atoms with Crippen molar-refractivity contribution in [3.05, 3.63) is 24.8 Å². The highest BCUT2D eigenvalue weighted by Gasteiger charge is 2.51. The van der Waals surface area contributed by atoms with E-state index in [9.17, 15) is 14.4 Å². The lowest BCUT2D eigenvalue weighted by Gasteiger charge is -2.49. The van der Waals surface area contributed by atoms with Gasteiger partial charge in [-0.25, -0.2) is 0 Å². The maximum Gasteiger partial charge on any atom is 0.303 e. The van der Waals surface area contributed by atoms with Crippen molar-refractivity contribution in [2.45, 2.75) is 97.9 Å². The zero-order valence-electron chi connectivity index (χ0n) is 21.6. The standard InChI is InChI=1S/C26H40O8/c1-10-26(9)12-11-19(13-20(26)15(2)3)25(7,8)34-24-23(33-18(6)29)22(32-17(5)28)21(14-30-24)31-16(4)27/h10,19-24H,1-2,11-14H2,3-9H3. The van der Waals surface area contributed by atoms with Gasteiger partial charge < -0.3 is 23.7 Å². The van der Waals surface area contributed by atoms with Gasteiger partial charge in [0.1, 0.15) is 0 Å². The van der Waals surface area contributed by atoms with Gasteiger partial charge in [-0.05, 0) is 57.3 Å². The molecule has 2 aliphatic rings. The highest BCUT2D eigenvalue weighted by molar-refractivity contribution is 5.68. The fourth-order valence-electron chi connectivity index (χ4n) is 5.18. The summed E-state index contributed by atoms with van der Waals surface area (Å²) in [7, 11) is 0. The van der Waals surface area contributed by atoms with E-state index in [0.29, 0.717) is 0 Å². The molecule has 1 saturated heterocycles. The molecule has 8 nitrogen and oxygen atoms in total. The molecule has 0 bridgehead atoms. The first-order valence-electron chi connectivity index (χ1n) is 11.8. The molecular formula is C26H40O8. The summed E-state index contributed by atoms with van der Waals surface area (Å²) in [5, 5.41) is 0. The quantitative estimate of drug-likeness (QED) is 0.291. The Morgan fingerprint density at radius 2 is 1.56 bits per heavy atom. The van der Waals surface area contributed by atoms with Crippen molar-refractivity contribution in [2.24, 2.45) is 17.3 Å². The third-order valence-electron chi connectivity index (χ3n) is 7.12. The highest BCUT2D eigenvalue weighted by atomic mass is 16.7. The number of ether oxygens (including phenoxy) is 5. The van der Waals surface area contributed by atoms with E-state index in [4.69, 9.17) is 23.7 Å². The molecule has 7 unspecified atom stereocenters. The lowest BCUT2D eigenvalue weighted by molar-refractivity contribution is -0.310. The Balaban J connectivity index is 2.28.